The fourth-order valence-corrected chi connectivity index (χ4v) is 5.31. The van der Waals surface area contributed by atoms with Crippen molar-refractivity contribution in [1.29, 1.82) is 0 Å². The van der Waals surface area contributed by atoms with Gasteiger partial charge in [0, 0.05) is 42.9 Å². The van der Waals surface area contributed by atoms with E-state index in [4.69, 9.17) is 9.90 Å². The zero-order valence-corrected chi connectivity index (χ0v) is 28.7. The largest absolute Gasteiger partial charge is 0.490 e. The Morgan fingerprint density at radius 1 is 0.769 bits per heavy atom. The molecule has 5 rings (SSSR count). The topological polar surface area (TPSA) is 143 Å². The Hall–Kier alpha value is -6.38. The quantitative estimate of drug-likeness (QED) is 0.189. The van der Waals surface area contributed by atoms with Gasteiger partial charge in [0.05, 0.1) is 11.4 Å². The molecule has 4 aromatic rings. The van der Waals surface area contributed by atoms with Crippen LogP contribution in [0.5, 0.6) is 0 Å². The summed E-state index contributed by atoms with van der Waals surface area (Å²) in [4.78, 5) is 70.9. The van der Waals surface area contributed by atoms with Gasteiger partial charge in [-0.25, -0.2) is 9.59 Å². The number of halogens is 3. The molecule has 52 heavy (non-hydrogen) atoms. The van der Waals surface area contributed by atoms with E-state index in [1.165, 1.54) is 9.80 Å². The van der Waals surface area contributed by atoms with Gasteiger partial charge >= 0.3 is 18.2 Å². The average molecular weight is 719 g/mol. The van der Waals surface area contributed by atoms with Crippen LogP contribution in [0.15, 0.2) is 109 Å². The molecule has 1 aliphatic rings. The molecule has 15 heteroatoms. The third kappa shape index (κ3) is 9.24. The summed E-state index contributed by atoms with van der Waals surface area (Å²) in [6.07, 6.45) is -5.08. The number of benzene rings is 4. The molecule has 272 valence electrons. The molecule has 1 aliphatic heterocycles. The summed E-state index contributed by atoms with van der Waals surface area (Å²) >= 11 is 0. The number of carboxylic acids is 1. The first kappa shape index (κ1) is 38.4. The predicted octanol–water partition coefficient (Wildman–Crippen LogP) is 6.03. The second kappa shape index (κ2) is 16.6. The van der Waals surface area contributed by atoms with Gasteiger partial charge in [0.1, 0.15) is 6.54 Å². The van der Waals surface area contributed by atoms with Crippen LogP contribution in [0.3, 0.4) is 0 Å². The Balaban J connectivity index is 0.000000785. The molecule has 0 spiro atoms. The minimum absolute atomic E-state index is 0.229. The minimum atomic E-state index is -5.08. The van der Waals surface area contributed by atoms with E-state index in [2.05, 4.69) is 10.6 Å². The van der Waals surface area contributed by atoms with E-state index in [9.17, 15) is 32.3 Å². The zero-order valence-electron chi connectivity index (χ0n) is 28.7. The van der Waals surface area contributed by atoms with Gasteiger partial charge in [-0.3, -0.25) is 24.2 Å². The molecule has 1 atom stereocenters. The number of hydrogen-bond donors (Lipinski definition) is 3. The molecule has 1 heterocycles. The van der Waals surface area contributed by atoms with Gasteiger partial charge in [-0.05, 0) is 74.5 Å². The van der Waals surface area contributed by atoms with E-state index in [1.807, 2.05) is 69.2 Å². The summed E-state index contributed by atoms with van der Waals surface area (Å²) in [6.45, 7) is 3.43. The Bertz CT molecular complexity index is 1890. The molecule has 0 fully saturated rings. The van der Waals surface area contributed by atoms with E-state index in [0.29, 0.717) is 28.4 Å². The van der Waals surface area contributed by atoms with Crippen molar-refractivity contribution < 1.29 is 42.3 Å². The predicted molar refractivity (Wildman–Crippen MR) is 192 cm³/mol. The Morgan fingerprint density at radius 2 is 1.27 bits per heavy atom. The van der Waals surface area contributed by atoms with Crippen LogP contribution in [0, 0.1) is 0 Å². The second-order valence-corrected chi connectivity index (χ2v) is 11.9. The Morgan fingerprint density at radius 3 is 1.79 bits per heavy atom. The summed E-state index contributed by atoms with van der Waals surface area (Å²) in [5.74, 6) is -4.49. The number of carboxylic acid groups (broad SMARTS) is 1. The van der Waals surface area contributed by atoms with E-state index < -0.39 is 36.0 Å². The SMILES string of the molecule is CC(C)N(C(=O)CN1C(=O)C(NC(=O)Nc2ccccc2)C(=O)N(c2ccccc2)c2ccccc21)c1ccc(N(C)C)cc1.O=C(O)C(F)(F)F. The van der Waals surface area contributed by atoms with Crippen molar-refractivity contribution in [3.8, 4) is 0 Å². The monoisotopic (exact) mass is 718 g/mol. The lowest BCUT2D eigenvalue weighted by atomic mass is 10.2. The molecular weight excluding hydrogens is 681 g/mol. The van der Waals surface area contributed by atoms with Gasteiger partial charge in [-0.2, -0.15) is 13.2 Å². The number of nitrogens with zero attached hydrogens (tertiary/aromatic N) is 4. The minimum Gasteiger partial charge on any atom is -0.475 e. The van der Waals surface area contributed by atoms with E-state index in [0.717, 1.165) is 5.69 Å². The first-order valence-electron chi connectivity index (χ1n) is 15.9. The second-order valence-electron chi connectivity index (χ2n) is 11.9. The van der Waals surface area contributed by atoms with E-state index >= 15 is 0 Å². The number of fused-ring (bicyclic) bond motifs is 1. The van der Waals surface area contributed by atoms with Crippen molar-refractivity contribution in [3.05, 3.63) is 109 Å². The molecule has 1 unspecified atom stereocenters. The maximum atomic E-state index is 14.3. The van der Waals surface area contributed by atoms with E-state index in [1.54, 1.807) is 77.7 Å². The lowest BCUT2D eigenvalue weighted by Gasteiger charge is -2.31. The van der Waals surface area contributed by atoms with Crippen molar-refractivity contribution in [3.63, 3.8) is 0 Å². The van der Waals surface area contributed by atoms with Crippen molar-refractivity contribution in [2.24, 2.45) is 0 Å². The molecule has 0 radical (unpaired) electrons. The smallest absolute Gasteiger partial charge is 0.475 e. The summed E-state index contributed by atoms with van der Waals surface area (Å²) in [5, 5.41) is 12.4. The van der Waals surface area contributed by atoms with Gasteiger partial charge in [0.25, 0.3) is 11.8 Å². The molecule has 5 amide bonds. The molecule has 0 saturated carbocycles. The standard InChI is InChI=1S/C35H36N6O4.C2HF3O2/c1-24(2)40(28-21-19-26(20-22-28)38(3)4)31(42)23-39-29-17-11-12-18-30(29)41(27-15-9-6-10-16-27)34(44)32(33(39)43)37-35(45)36-25-13-7-5-8-14-25;3-2(4,5)1(6)7/h5-22,24,32H,23H2,1-4H3,(H2,36,37,45);(H,6,7). The van der Waals surface area contributed by atoms with Crippen LogP contribution in [0.2, 0.25) is 0 Å². The molecule has 0 aromatic heterocycles. The van der Waals surface area contributed by atoms with Crippen LogP contribution in [0.25, 0.3) is 0 Å². The maximum absolute atomic E-state index is 14.3. The molecule has 0 aliphatic carbocycles. The zero-order chi connectivity index (χ0) is 38.2. The van der Waals surface area contributed by atoms with Gasteiger partial charge in [-0.15, -0.1) is 0 Å². The first-order chi connectivity index (χ1) is 24.6. The van der Waals surface area contributed by atoms with Crippen molar-refractivity contribution >= 4 is 63.8 Å². The van der Waals surface area contributed by atoms with Crippen LogP contribution in [-0.4, -0.2) is 73.7 Å². The highest BCUT2D eigenvalue weighted by Gasteiger charge is 2.43. The highest BCUT2D eigenvalue weighted by Crippen LogP contribution is 2.38. The third-order valence-electron chi connectivity index (χ3n) is 7.68. The molecule has 3 N–H and O–H groups in total. The van der Waals surface area contributed by atoms with E-state index in [-0.39, 0.29) is 18.5 Å². The number of anilines is 6. The number of carbonyl (C=O) groups is 5. The number of rotatable bonds is 8. The number of para-hydroxylation sites is 4. The summed E-state index contributed by atoms with van der Waals surface area (Å²) in [5.41, 5.74) is 3.44. The first-order valence-corrected chi connectivity index (χ1v) is 15.9. The van der Waals surface area contributed by atoms with Crippen LogP contribution >= 0.6 is 0 Å². The lowest BCUT2D eigenvalue weighted by Crippen LogP contribution is -2.57. The lowest BCUT2D eigenvalue weighted by molar-refractivity contribution is -0.192. The van der Waals surface area contributed by atoms with Crippen molar-refractivity contribution in [1.82, 2.24) is 5.32 Å². The number of amides is 5. The number of alkyl halides is 3. The van der Waals surface area contributed by atoms with Gasteiger partial charge < -0.3 is 25.5 Å². The molecule has 0 bridgehead atoms. The molecule has 0 saturated heterocycles. The molecular formula is C37H37F3N6O6. The number of aliphatic carboxylic acids is 1. The van der Waals surface area contributed by atoms with Crippen LogP contribution in [0.1, 0.15) is 13.8 Å². The third-order valence-corrected chi connectivity index (χ3v) is 7.68. The molecule has 12 nitrogen and oxygen atoms in total. The summed E-state index contributed by atoms with van der Waals surface area (Å²) < 4.78 is 31.7. The maximum Gasteiger partial charge on any atom is 0.490 e. The van der Waals surface area contributed by atoms with Crippen molar-refractivity contribution in [2.45, 2.75) is 32.1 Å². The highest BCUT2D eigenvalue weighted by molar-refractivity contribution is 6.25. The average Bonchev–Trinajstić information content (AvgIpc) is 3.18. The highest BCUT2D eigenvalue weighted by atomic mass is 19.4. The summed E-state index contributed by atoms with van der Waals surface area (Å²) in [6, 6.07) is 29.5. The molecule has 4 aromatic carbocycles. The van der Waals surface area contributed by atoms with Crippen LogP contribution < -0.4 is 30.2 Å². The van der Waals surface area contributed by atoms with Crippen LogP contribution in [-0.2, 0) is 19.2 Å². The Kier molecular flexibility index (Phi) is 12.2. The fraction of sp³-hybridized carbons (Fsp3) is 0.216. The summed E-state index contributed by atoms with van der Waals surface area (Å²) in [7, 11) is 3.88. The van der Waals surface area contributed by atoms with Gasteiger partial charge in [-0.1, -0.05) is 48.5 Å². The number of carbonyl (C=O) groups excluding carboxylic acids is 4. The number of nitrogens with one attached hydrogen (secondary N) is 2. The Labute approximate surface area is 298 Å². The normalized spacial score (nSPS) is 14.0. The number of hydrogen-bond acceptors (Lipinski definition) is 6. The van der Waals surface area contributed by atoms with Gasteiger partial charge in [0.15, 0.2) is 6.04 Å². The van der Waals surface area contributed by atoms with Crippen LogP contribution in [0.4, 0.5) is 52.1 Å². The fourth-order valence-electron chi connectivity index (χ4n) is 5.31. The van der Waals surface area contributed by atoms with Gasteiger partial charge in [0.2, 0.25) is 5.91 Å². The van der Waals surface area contributed by atoms with Crippen molar-refractivity contribution in [2.75, 3.05) is 45.6 Å². The number of urea groups is 1.